The molecule has 2 N–H and O–H groups in total. The van der Waals surface area contributed by atoms with Gasteiger partial charge in [-0.2, -0.15) is 0 Å². The first-order valence-corrected chi connectivity index (χ1v) is 6.58. The summed E-state index contributed by atoms with van der Waals surface area (Å²) in [6, 6.07) is 8.12. The van der Waals surface area contributed by atoms with Crippen LogP contribution < -0.4 is 5.32 Å². The summed E-state index contributed by atoms with van der Waals surface area (Å²) in [5.41, 5.74) is 3.41. The van der Waals surface area contributed by atoms with E-state index in [9.17, 15) is 0 Å². The third-order valence-corrected chi connectivity index (χ3v) is 3.73. The van der Waals surface area contributed by atoms with Crippen LogP contribution in [-0.2, 0) is 6.42 Å². The quantitative estimate of drug-likeness (QED) is 0.792. The number of aromatic amines is 1. The van der Waals surface area contributed by atoms with Crippen LogP contribution in [0.4, 0.5) is 5.82 Å². The van der Waals surface area contributed by atoms with Crippen molar-refractivity contribution < 1.29 is 0 Å². The number of aromatic nitrogens is 2. The molecule has 0 unspecified atom stereocenters. The van der Waals surface area contributed by atoms with Crippen molar-refractivity contribution in [2.45, 2.75) is 6.42 Å². The van der Waals surface area contributed by atoms with E-state index in [2.05, 4.69) is 37.3 Å². The third kappa shape index (κ3) is 1.89. The van der Waals surface area contributed by atoms with Gasteiger partial charge in [-0.25, -0.2) is 4.98 Å². The van der Waals surface area contributed by atoms with Gasteiger partial charge in [0.05, 0.1) is 5.69 Å². The Kier molecular flexibility index (Phi) is 2.72. The van der Waals surface area contributed by atoms with Gasteiger partial charge in [0.25, 0.3) is 0 Å². The molecular weight excluding hydrogens is 298 g/mol. The summed E-state index contributed by atoms with van der Waals surface area (Å²) in [5, 5.41) is 3.26. The zero-order valence-electron chi connectivity index (χ0n) is 8.96. The Bertz CT molecular complexity index is 636. The first-order chi connectivity index (χ1) is 8.25. The fourth-order valence-electron chi connectivity index (χ4n) is 2.09. The minimum absolute atomic E-state index is 0.518. The predicted octanol–water partition coefficient (Wildman–Crippen LogP) is 3.54. The number of nitrogens with zero attached hydrogens (tertiary/aromatic N) is 1. The maximum absolute atomic E-state index is 5.16. The second kappa shape index (κ2) is 4.23. The van der Waals surface area contributed by atoms with Crippen molar-refractivity contribution >= 4 is 34.0 Å². The van der Waals surface area contributed by atoms with Crippen LogP contribution in [0.5, 0.6) is 0 Å². The van der Waals surface area contributed by atoms with E-state index in [0.29, 0.717) is 4.77 Å². The van der Waals surface area contributed by atoms with E-state index < -0.39 is 0 Å². The first-order valence-electron chi connectivity index (χ1n) is 5.37. The van der Waals surface area contributed by atoms with E-state index >= 15 is 0 Å². The van der Waals surface area contributed by atoms with Crippen LogP contribution in [0.15, 0.2) is 28.7 Å². The maximum Gasteiger partial charge on any atom is 0.199 e. The molecule has 0 radical (unpaired) electrons. The number of hydrogen-bond acceptors (Lipinski definition) is 3. The molecule has 5 heteroatoms. The van der Waals surface area contributed by atoms with Crippen molar-refractivity contribution in [2.24, 2.45) is 0 Å². The molecule has 0 spiro atoms. The highest BCUT2D eigenvalue weighted by Gasteiger charge is 2.18. The molecule has 2 aromatic rings. The molecule has 0 amide bonds. The minimum Gasteiger partial charge on any atom is -0.369 e. The van der Waals surface area contributed by atoms with Crippen LogP contribution >= 0.6 is 28.1 Å². The molecule has 86 valence electrons. The summed E-state index contributed by atoms with van der Waals surface area (Å²) < 4.78 is 1.58. The van der Waals surface area contributed by atoms with E-state index in [-0.39, 0.29) is 0 Å². The number of hydrogen-bond donors (Lipinski definition) is 2. The van der Waals surface area contributed by atoms with Gasteiger partial charge in [0.1, 0.15) is 5.82 Å². The summed E-state index contributed by atoms with van der Waals surface area (Å²) in [6.07, 6.45) is 0.977. The molecule has 17 heavy (non-hydrogen) atoms. The van der Waals surface area contributed by atoms with Gasteiger partial charge in [0.15, 0.2) is 4.77 Å². The number of H-pyrrole nitrogens is 1. The molecule has 0 atom stereocenters. The number of anilines is 1. The molecule has 0 fully saturated rings. The van der Waals surface area contributed by atoms with Gasteiger partial charge in [-0.15, -0.1) is 0 Å². The predicted molar refractivity (Wildman–Crippen MR) is 74.8 cm³/mol. The van der Waals surface area contributed by atoms with Crippen molar-refractivity contribution in [1.82, 2.24) is 9.97 Å². The van der Waals surface area contributed by atoms with Crippen molar-refractivity contribution in [3.05, 3.63) is 39.1 Å². The Hall–Kier alpha value is -1.20. The Morgan fingerprint density at radius 3 is 2.94 bits per heavy atom. The SMILES string of the molecule is S=c1nc2c(c(-c3ccccc3Br)[nH]1)CCN2. The van der Waals surface area contributed by atoms with Crippen LogP contribution in [0.3, 0.4) is 0 Å². The van der Waals surface area contributed by atoms with Gasteiger partial charge < -0.3 is 10.3 Å². The molecule has 0 bridgehead atoms. The van der Waals surface area contributed by atoms with Gasteiger partial charge in [-0.05, 0) is 24.7 Å². The lowest BCUT2D eigenvalue weighted by Gasteiger charge is -2.09. The van der Waals surface area contributed by atoms with Gasteiger partial charge in [0, 0.05) is 22.1 Å². The number of fused-ring (bicyclic) bond motifs is 1. The fraction of sp³-hybridized carbons (Fsp3) is 0.167. The zero-order valence-corrected chi connectivity index (χ0v) is 11.4. The largest absolute Gasteiger partial charge is 0.369 e. The molecule has 1 aliphatic heterocycles. The molecule has 2 heterocycles. The average Bonchev–Trinajstić information content (AvgIpc) is 2.76. The minimum atomic E-state index is 0.518. The van der Waals surface area contributed by atoms with Gasteiger partial charge in [-0.3, -0.25) is 0 Å². The summed E-state index contributed by atoms with van der Waals surface area (Å²) >= 11 is 8.73. The molecule has 0 saturated heterocycles. The summed E-state index contributed by atoms with van der Waals surface area (Å²) in [4.78, 5) is 7.50. The summed E-state index contributed by atoms with van der Waals surface area (Å²) in [6.45, 7) is 0.923. The monoisotopic (exact) mass is 307 g/mol. The van der Waals surface area contributed by atoms with Crippen molar-refractivity contribution in [2.75, 3.05) is 11.9 Å². The van der Waals surface area contributed by atoms with E-state index in [1.807, 2.05) is 18.2 Å². The lowest BCUT2D eigenvalue weighted by molar-refractivity contribution is 1.08. The Balaban J connectivity index is 2.29. The maximum atomic E-state index is 5.16. The normalized spacial score (nSPS) is 13.2. The average molecular weight is 308 g/mol. The van der Waals surface area contributed by atoms with Crippen LogP contribution in [0.1, 0.15) is 5.56 Å². The topological polar surface area (TPSA) is 40.7 Å². The Morgan fingerprint density at radius 2 is 2.12 bits per heavy atom. The molecule has 3 nitrogen and oxygen atoms in total. The second-order valence-corrected chi connectivity index (χ2v) is 5.14. The molecule has 1 aromatic heterocycles. The van der Waals surface area contributed by atoms with Crippen LogP contribution in [0.25, 0.3) is 11.3 Å². The number of benzene rings is 1. The smallest absolute Gasteiger partial charge is 0.199 e. The van der Waals surface area contributed by atoms with Gasteiger partial charge in [-0.1, -0.05) is 34.1 Å². The molecule has 1 aromatic carbocycles. The highest BCUT2D eigenvalue weighted by molar-refractivity contribution is 9.10. The molecule has 1 aliphatic rings. The fourth-order valence-corrected chi connectivity index (χ4v) is 2.76. The summed E-state index contributed by atoms with van der Waals surface area (Å²) in [7, 11) is 0. The number of halogens is 1. The second-order valence-electron chi connectivity index (χ2n) is 3.90. The van der Waals surface area contributed by atoms with E-state index in [0.717, 1.165) is 34.5 Å². The Morgan fingerprint density at radius 1 is 1.29 bits per heavy atom. The van der Waals surface area contributed by atoms with Crippen LogP contribution in [-0.4, -0.2) is 16.5 Å². The van der Waals surface area contributed by atoms with Gasteiger partial charge >= 0.3 is 0 Å². The van der Waals surface area contributed by atoms with Crippen molar-refractivity contribution in [3.8, 4) is 11.3 Å². The first kappa shape index (κ1) is 10.9. The Labute approximate surface area is 112 Å². The van der Waals surface area contributed by atoms with E-state index in [1.54, 1.807) is 0 Å². The number of nitrogens with one attached hydrogen (secondary N) is 2. The highest BCUT2D eigenvalue weighted by Crippen LogP contribution is 2.33. The van der Waals surface area contributed by atoms with E-state index in [1.165, 1.54) is 5.56 Å². The van der Waals surface area contributed by atoms with Crippen molar-refractivity contribution in [3.63, 3.8) is 0 Å². The zero-order chi connectivity index (χ0) is 11.8. The van der Waals surface area contributed by atoms with Crippen LogP contribution in [0.2, 0.25) is 0 Å². The van der Waals surface area contributed by atoms with Crippen molar-refractivity contribution in [1.29, 1.82) is 0 Å². The third-order valence-electron chi connectivity index (χ3n) is 2.84. The molecular formula is C12H10BrN3S. The lowest BCUT2D eigenvalue weighted by Crippen LogP contribution is -1.96. The van der Waals surface area contributed by atoms with Crippen LogP contribution in [0, 0.1) is 4.77 Å². The van der Waals surface area contributed by atoms with E-state index in [4.69, 9.17) is 12.2 Å². The molecule has 0 saturated carbocycles. The highest BCUT2D eigenvalue weighted by atomic mass is 79.9. The molecule has 3 rings (SSSR count). The summed E-state index contributed by atoms with van der Waals surface area (Å²) in [5.74, 6) is 0.916. The molecule has 0 aliphatic carbocycles. The lowest BCUT2D eigenvalue weighted by atomic mass is 10.1. The van der Waals surface area contributed by atoms with Gasteiger partial charge in [0.2, 0.25) is 0 Å². The standard InChI is InChI=1S/C12H10BrN3S/c13-9-4-2-1-3-7(9)10-8-5-6-14-11(8)16-12(17)15-10/h1-4H,5-6H2,(H2,14,15,16,17). The number of rotatable bonds is 1.